The van der Waals surface area contributed by atoms with Crippen molar-refractivity contribution in [3.05, 3.63) is 71.4 Å². The molecular formula is C16H12N4. The molecule has 20 heavy (non-hydrogen) atoms. The van der Waals surface area contributed by atoms with Gasteiger partial charge in [0, 0.05) is 5.56 Å². The lowest BCUT2D eigenvalue weighted by Crippen LogP contribution is -1.89. The van der Waals surface area contributed by atoms with Crippen LogP contribution in [0.3, 0.4) is 0 Å². The normalized spacial score (nSPS) is 10.2. The van der Waals surface area contributed by atoms with Crippen LogP contribution in [0.1, 0.15) is 16.8 Å². The van der Waals surface area contributed by atoms with Gasteiger partial charge in [0.25, 0.3) is 0 Å². The molecule has 0 spiro atoms. The Morgan fingerprint density at radius 3 is 2.55 bits per heavy atom. The maximum atomic E-state index is 9.00. The Morgan fingerprint density at radius 2 is 1.75 bits per heavy atom. The molecule has 0 bridgehead atoms. The number of benzene rings is 2. The molecule has 0 fully saturated rings. The summed E-state index contributed by atoms with van der Waals surface area (Å²) in [6, 6.07) is 20.3. The zero-order chi connectivity index (χ0) is 13.8. The third-order valence-corrected chi connectivity index (χ3v) is 3.11. The van der Waals surface area contributed by atoms with E-state index in [1.54, 1.807) is 0 Å². The molecule has 96 valence electrons. The SMILES string of the molecule is N#Cc1n[nH]nc1-c1cccc(Cc2ccccc2)c1. The number of hydrogen-bond acceptors (Lipinski definition) is 3. The molecule has 1 aromatic heterocycles. The fraction of sp³-hybridized carbons (Fsp3) is 0.0625. The monoisotopic (exact) mass is 260 g/mol. The number of aromatic amines is 1. The van der Waals surface area contributed by atoms with Gasteiger partial charge in [0.2, 0.25) is 0 Å². The summed E-state index contributed by atoms with van der Waals surface area (Å²) in [6.07, 6.45) is 0.856. The highest BCUT2D eigenvalue weighted by Crippen LogP contribution is 2.21. The molecule has 4 heteroatoms. The molecule has 0 unspecified atom stereocenters. The summed E-state index contributed by atoms with van der Waals surface area (Å²) in [6.45, 7) is 0. The smallest absolute Gasteiger partial charge is 0.190 e. The summed E-state index contributed by atoms with van der Waals surface area (Å²) < 4.78 is 0. The predicted molar refractivity (Wildman–Crippen MR) is 75.8 cm³/mol. The molecule has 4 nitrogen and oxygen atoms in total. The Labute approximate surface area is 116 Å². The fourth-order valence-electron chi connectivity index (χ4n) is 2.17. The Hall–Kier alpha value is -2.93. The van der Waals surface area contributed by atoms with Gasteiger partial charge in [0.15, 0.2) is 5.69 Å². The highest BCUT2D eigenvalue weighted by molar-refractivity contribution is 5.64. The minimum Gasteiger partial charge on any atom is -0.196 e. The van der Waals surface area contributed by atoms with E-state index >= 15 is 0 Å². The molecule has 2 aromatic carbocycles. The number of nitriles is 1. The van der Waals surface area contributed by atoms with Crippen LogP contribution >= 0.6 is 0 Å². The minimum atomic E-state index is 0.321. The molecule has 0 atom stereocenters. The summed E-state index contributed by atoms with van der Waals surface area (Å²) in [5.41, 5.74) is 4.26. The summed E-state index contributed by atoms with van der Waals surface area (Å²) >= 11 is 0. The fourth-order valence-corrected chi connectivity index (χ4v) is 2.17. The van der Waals surface area contributed by atoms with Crippen LogP contribution in [0.2, 0.25) is 0 Å². The second kappa shape index (κ2) is 5.37. The number of hydrogen-bond donors (Lipinski definition) is 1. The van der Waals surface area contributed by atoms with Gasteiger partial charge in [0.1, 0.15) is 11.8 Å². The Morgan fingerprint density at radius 1 is 0.950 bits per heavy atom. The second-order valence-electron chi connectivity index (χ2n) is 4.50. The molecular weight excluding hydrogens is 248 g/mol. The van der Waals surface area contributed by atoms with Crippen molar-refractivity contribution >= 4 is 0 Å². The van der Waals surface area contributed by atoms with Gasteiger partial charge < -0.3 is 0 Å². The topological polar surface area (TPSA) is 65.4 Å². The average molecular weight is 260 g/mol. The zero-order valence-corrected chi connectivity index (χ0v) is 10.7. The third-order valence-electron chi connectivity index (χ3n) is 3.11. The van der Waals surface area contributed by atoms with Crippen molar-refractivity contribution in [1.82, 2.24) is 15.4 Å². The van der Waals surface area contributed by atoms with Crippen molar-refractivity contribution in [1.29, 1.82) is 5.26 Å². The highest BCUT2D eigenvalue weighted by Gasteiger charge is 2.09. The molecule has 0 aliphatic carbocycles. The van der Waals surface area contributed by atoms with Crippen LogP contribution in [0.5, 0.6) is 0 Å². The first-order valence-corrected chi connectivity index (χ1v) is 6.31. The lowest BCUT2D eigenvalue weighted by atomic mass is 10.0. The summed E-state index contributed by atoms with van der Waals surface area (Å²) in [5, 5.41) is 19.4. The van der Waals surface area contributed by atoms with Crippen molar-refractivity contribution in [2.45, 2.75) is 6.42 Å². The average Bonchev–Trinajstić information content (AvgIpc) is 2.97. The van der Waals surface area contributed by atoms with E-state index < -0.39 is 0 Å². The first kappa shape index (κ1) is 12.1. The van der Waals surface area contributed by atoms with Crippen molar-refractivity contribution < 1.29 is 0 Å². The van der Waals surface area contributed by atoms with Crippen molar-refractivity contribution in [2.24, 2.45) is 0 Å². The molecule has 0 aliphatic rings. The van der Waals surface area contributed by atoms with E-state index in [0.717, 1.165) is 12.0 Å². The molecule has 0 aliphatic heterocycles. The van der Waals surface area contributed by atoms with E-state index in [-0.39, 0.29) is 0 Å². The predicted octanol–water partition coefficient (Wildman–Crippen LogP) is 2.93. The second-order valence-corrected chi connectivity index (χ2v) is 4.50. The van der Waals surface area contributed by atoms with E-state index in [2.05, 4.69) is 33.6 Å². The van der Waals surface area contributed by atoms with Crippen LogP contribution in [0.4, 0.5) is 0 Å². The van der Waals surface area contributed by atoms with Gasteiger partial charge in [-0.1, -0.05) is 48.5 Å². The number of nitrogens with one attached hydrogen (secondary N) is 1. The van der Waals surface area contributed by atoms with Crippen LogP contribution < -0.4 is 0 Å². The van der Waals surface area contributed by atoms with E-state index in [4.69, 9.17) is 5.26 Å². The first-order chi connectivity index (χ1) is 9.86. The molecule has 0 amide bonds. The quantitative estimate of drug-likeness (QED) is 0.787. The molecule has 0 radical (unpaired) electrons. The molecule has 3 rings (SSSR count). The number of rotatable bonds is 3. The molecule has 1 N–H and O–H groups in total. The summed E-state index contributed by atoms with van der Waals surface area (Å²) in [4.78, 5) is 0. The van der Waals surface area contributed by atoms with Gasteiger partial charge in [-0.3, -0.25) is 0 Å². The van der Waals surface area contributed by atoms with Gasteiger partial charge >= 0.3 is 0 Å². The van der Waals surface area contributed by atoms with Gasteiger partial charge in [-0.2, -0.15) is 15.6 Å². The van der Waals surface area contributed by atoms with Gasteiger partial charge in [-0.25, -0.2) is 0 Å². The van der Waals surface area contributed by atoms with Gasteiger partial charge in [-0.05, 0) is 23.6 Å². The van der Waals surface area contributed by atoms with Crippen molar-refractivity contribution in [3.63, 3.8) is 0 Å². The maximum absolute atomic E-state index is 9.00. The largest absolute Gasteiger partial charge is 0.196 e. The minimum absolute atomic E-state index is 0.321. The van der Waals surface area contributed by atoms with Crippen LogP contribution in [-0.4, -0.2) is 15.4 Å². The van der Waals surface area contributed by atoms with Gasteiger partial charge in [-0.15, -0.1) is 5.10 Å². The van der Waals surface area contributed by atoms with Crippen LogP contribution in [-0.2, 0) is 6.42 Å². The van der Waals surface area contributed by atoms with E-state index in [1.807, 2.05) is 42.5 Å². The van der Waals surface area contributed by atoms with Crippen molar-refractivity contribution in [3.8, 4) is 17.3 Å². The van der Waals surface area contributed by atoms with Gasteiger partial charge in [0.05, 0.1) is 0 Å². The Kier molecular flexibility index (Phi) is 3.25. The summed E-state index contributed by atoms with van der Waals surface area (Å²) in [7, 11) is 0. The van der Waals surface area contributed by atoms with E-state index in [9.17, 15) is 0 Å². The van der Waals surface area contributed by atoms with Crippen LogP contribution in [0.25, 0.3) is 11.3 Å². The highest BCUT2D eigenvalue weighted by atomic mass is 15.3. The standard InChI is InChI=1S/C16H12N4/c17-11-15-16(19-20-18-15)14-8-4-7-13(10-14)9-12-5-2-1-3-6-12/h1-8,10H,9H2,(H,18,19,20). The third kappa shape index (κ3) is 2.43. The number of H-pyrrole nitrogens is 1. The lowest BCUT2D eigenvalue weighted by molar-refractivity contribution is 0.937. The molecule has 0 saturated heterocycles. The molecule has 0 saturated carbocycles. The lowest BCUT2D eigenvalue weighted by Gasteiger charge is -2.04. The summed E-state index contributed by atoms with van der Waals surface area (Å²) in [5.74, 6) is 0. The first-order valence-electron chi connectivity index (χ1n) is 6.31. The van der Waals surface area contributed by atoms with E-state index in [1.165, 1.54) is 11.1 Å². The molecule has 3 aromatic rings. The number of aromatic nitrogens is 3. The number of nitrogens with zero attached hydrogens (tertiary/aromatic N) is 3. The maximum Gasteiger partial charge on any atom is 0.190 e. The Bertz CT molecular complexity index is 753. The Balaban J connectivity index is 1.93. The van der Waals surface area contributed by atoms with Crippen molar-refractivity contribution in [2.75, 3.05) is 0 Å². The molecule has 1 heterocycles. The zero-order valence-electron chi connectivity index (χ0n) is 10.7. The van der Waals surface area contributed by atoms with E-state index in [0.29, 0.717) is 11.4 Å². The van der Waals surface area contributed by atoms with Crippen LogP contribution in [0, 0.1) is 11.3 Å². The van der Waals surface area contributed by atoms with Crippen LogP contribution in [0.15, 0.2) is 54.6 Å².